The topological polar surface area (TPSA) is 80.8 Å². The molecule has 0 radical (unpaired) electrons. The molecule has 0 aliphatic carbocycles. The van der Waals surface area contributed by atoms with Gasteiger partial charge < -0.3 is 9.64 Å². The molecule has 140 valence electrons. The molecule has 2 heterocycles. The molecule has 1 aliphatic rings. The highest BCUT2D eigenvalue weighted by molar-refractivity contribution is 7.91. The Balaban J connectivity index is 1.66. The number of thiophene rings is 1. The molecular weight excluding hydrogens is 398 g/mol. The maximum atomic E-state index is 12.4. The molecule has 1 amide bonds. The summed E-state index contributed by atoms with van der Waals surface area (Å²) in [5.41, 5.74) is 0. The highest BCUT2D eigenvalue weighted by Crippen LogP contribution is 2.35. The molecule has 2 aromatic rings. The normalized spacial score (nSPS) is 18.8. The molecule has 26 heavy (non-hydrogen) atoms. The third kappa shape index (κ3) is 3.87. The predicted molar refractivity (Wildman–Crippen MR) is 102 cm³/mol. The van der Waals surface area contributed by atoms with E-state index in [4.69, 9.17) is 16.3 Å². The molecule has 3 rings (SSSR count). The minimum atomic E-state index is -3.10. The third-order valence-corrected chi connectivity index (χ3v) is 7.76. The van der Waals surface area contributed by atoms with E-state index in [1.807, 2.05) is 24.3 Å². The number of nitrogens with zero attached hydrogens (tertiary/aromatic N) is 1. The maximum Gasteiger partial charge on any atom is 0.350 e. The van der Waals surface area contributed by atoms with Gasteiger partial charge in [0, 0.05) is 22.7 Å². The maximum absolute atomic E-state index is 12.4. The van der Waals surface area contributed by atoms with Crippen LogP contribution in [0.15, 0.2) is 24.3 Å². The SMILES string of the molecule is CCN(C(=O)COC(=O)c1sc2ccccc2c1Cl)[C@H]1CCS(=O)(=O)C1. The van der Waals surface area contributed by atoms with Crippen molar-refractivity contribution in [3.8, 4) is 0 Å². The van der Waals surface area contributed by atoms with Gasteiger partial charge in [0.05, 0.1) is 16.5 Å². The van der Waals surface area contributed by atoms with Crippen LogP contribution < -0.4 is 0 Å². The molecule has 1 atom stereocenters. The third-order valence-electron chi connectivity index (χ3n) is 4.36. The number of hydrogen-bond acceptors (Lipinski definition) is 6. The van der Waals surface area contributed by atoms with Crippen LogP contribution in [0.25, 0.3) is 10.1 Å². The van der Waals surface area contributed by atoms with Crippen LogP contribution in [0.3, 0.4) is 0 Å². The van der Waals surface area contributed by atoms with Gasteiger partial charge in [0.15, 0.2) is 16.4 Å². The second kappa shape index (κ2) is 7.54. The highest BCUT2D eigenvalue weighted by atomic mass is 35.5. The highest BCUT2D eigenvalue weighted by Gasteiger charge is 2.34. The van der Waals surface area contributed by atoms with Crippen molar-refractivity contribution in [1.29, 1.82) is 0 Å². The predicted octanol–water partition coefficient (Wildman–Crippen LogP) is 2.75. The lowest BCUT2D eigenvalue weighted by Gasteiger charge is -2.26. The number of ether oxygens (including phenoxy) is 1. The van der Waals surface area contributed by atoms with Crippen molar-refractivity contribution in [3.05, 3.63) is 34.2 Å². The van der Waals surface area contributed by atoms with E-state index in [0.29, 0.717) is 18.0 Å². The monoisotopic (exact) mass is 415 g/mol. The largest absolute Gasteiger partial charge is 0.451 e. The van der Waals surface area contributed by atoms with Gasteiger partial charge in [-0.2, -0.15) is 0 Å². The van der Waals surface area contributed by atoms with E-state index in [0.717, 1.165) is 10.1 Å². The Morgan fingerprint density at radius 3 is 2.69 bits per heavy atom. The molecule has 0 unspecified atom stereocenters. The summed E-state index contributed by atoms with van der Waals surface area (Å²) in [4.78, 5) is 26.4. The molecule has 1 fully saturated rings. The van der Waals surface area contributed by atoms with E-state index < -0.39 is 28.3 Å². The Hall–Kier alpha value is -1.64. The summed E-state index contributed by atoms with van der Waals surface area (Å²) in [6, 6.07) is 6.99. The zero-order chi connectivity index (χ0) is 18.9. The lowest BCUT2D eigenvalue weighted by Crippen LogP contribution is -2.43. The number of hydrogen-bond donors (Lipinski definition) is 0. The Morgan fingerprint density at radius 1 is 1.35 bits per heavy atom. The summed E-state index contributed by atoms with van der Waals surface area (Å²) >= 11 is 7.45. The Bertz CT molecular complexity index is 953. The number of amides is 1. The van der Waals surface area contributed by atoms with Crippen LogP contribution in [0.2, 0.25) is 5.02 Å². The van der Waals surface area contributed by atoms with Crippen molar-refractivity contribution in [2.45, 2.75) is 19.4 Å². The molecule has 0 N–H and O–H groups in total. The van der Waals surface area contributed by atoms with E-state index in [1.54, 1.807) is 6.92 Å². The van der Waals surface area contributed by atoms with Crippen LogP contribution in [0.5, 0.6) is 0 Å². The van der Waals surface area contributed by atoms with Gasteiger partial charge >= 0.3 is 5.97 Å². The van der Waals surface area contributed by atoms with Gasteiger partial charge in [-0.25, -0.2) is 13.2 Å². The molecule has 1 aromatic heterocycles. The first kappa shape index (κ1) is 19.1. The molecule has 1 aromatic carbocycles. The summed E-state index contributed by atoms with van der Waals surface area (Å²) in [6.07, 6.45) is 0.415. The lowest BCUT2D eigenvalue weighted by atomic mass is 10.2. The Kier molecular flexibility index (Phi) is 5.55. The summed E-state index contributed by atoms with van der Waals surface area (Å²) in [7, 11) is -3.10. The van der Waals surface area contributed by atoms with Gasteiger partial charge in [0.2, 0.25) is 0 Å². The smallest absolute Gasteiger partial charge is 0.350 e. The van der Waals surface area contributed by atoms with E-state index in [-0.39, 0.29) is 22.4 Å². The van der Waals surface area contributed by atoms with E-state index in [2.05, 4.69) is 0 Å². The fourth-order valence-electron chi connectivity index (χ4n) is 3.08. The fourth-order valence-corrected chi connectivity index (χ4v) is 6.21. The van der Waals surface area contributed by atoms with E-state index >= 15 is 0 Å². The number of carbonyl (C=O) groups is 2. The van der Waals surface area contributed by atoms with Crippen molar-refractivity contribution in [2.75, 3.05) is 24.7 Å². The van der Waals surface area contributed by atoms with Gasteiger partial charge in [-0.1, -0.05) is 29.8 Å². The summed E-state index contributed by atoms with van der Waals surface area (Å²) in [5, 5.41) is 1.08. The van der Waals surface area contributed by atoms with Crippen molar-refractivity contribution in [2.24, 2.45) is 0 Å². The zero-order valence-electron chi connectivity index (χ0n) is 14.1. The first-order chi connectivity index (χ1) is 12.3. The van der Waals surface area contributed by atoms with Gasteiger partial charge in [-0.05, 0) is 19.4 Å². The standard InChI is InChI=1S/C17H18ClNO5S2/c1-2-19(11-7-8-26(22,23)10-11)14(20)9-24-17(21)16-15(18)12-5-3-4-6-13(12)25-16/h3-6,11H,2,7-10H2,1H3/t11-/m0/s1. The van der Waals surface area contributed by atoms with E-state index in [9.17, 15) is 18.0 Å². The van der Waals surface area contributed by atoms with Crippen molar-refractivity contribution in [3.63, 3.8) is 0 Å². The fraction of sp³-hybridized carbons (Fsp3) is 0.412. The van der Waals surface area contributed by atoms with Crippen molar-refractivity contribution in [1.82, 2.24) is 4.90 Å². The minimum absolute atomic E-state index is 0.0390. The molecular formula is C17H18ClNO5S2. The molecule has 9 heteroatoms. The summed E-state index contributed by atoms with van der Waals surface area (Å²) in [5.74, 6) is -1.01. The molecule has 6 nitrogen and oxygen atoms in total. The number of likely N-dealkylation sites (N-methyl/N-ethyl adjacent to an activating group) is 1. The number of benzene rings is 1. The van der Waals surface area contributed by atoms with Gasteiger partial charge in [-0.3, -0.25) is 4.79 Å². The number of fused-ring (bicyclic) bond motifs is 1. The Morgan fingerprint density at radius 2 is 2.08 bits per heavy atom. The van der Waals surface area contributed by atoms with Crippen LogP contribution in [0.1, 0.15) is 23.0 Å². The van der Waals surface area contributed by atoms with E-state index in [1.165, 1.54) is 16.2 Å². The van der Waals surface area contributed by atoms with Gasteiger partial charge in [0.25, 0.3) is 5.91 Å². The second-order valence-corrected chi connectivity index (χ2v) is 9.71. The molecule has 0 spiro atoms. The number of halogens is 1. The number of esters is 1. The minimum Gasteiger partial charge on any atom is -0.451 e. The number of rotatable bonds is 5. The van der Waals surface area contributed by atoms with Crippen LogP contribution in [0, 0.1) is 0 Å². The first-order valence-corrected chi connectivity index (χ1v) is 11.2. The second-order valence-electron chi connectivity index (χ2n) is 6.05. The van der Waals surface area contributed by atoms with Crippen molar-refractivity contribution < 1.29 is 22.7 Å². The van der Waals surface area contributed by atoms with Gasteiger partial charge in [0.1, 0.15) is 4.88 Å². The van der Waals surface area contributed by atoms with Crippen LogP contribution >= 0.6 is 22.9 Å². The first-order valence-electron chi connectivity index (χ1n) is 8.16. The Labute approximate surface area is 160 Å². The van der Waals surface area contributed by atoms with Crippen LogP contribution in [-0.4, -0.2) is 55.9 Å². The average molecular weight is 416 g/mol. The molecule has 1 aliphatic heterocycles. The average Bonchev–Trinajstić information content (AvgIpc) is 3.13. The summed E-state index contributed by atoms with van der Waals surface area (Å²) in [6.45, 7) is 1.70. The van der Waals surface area contributed by atoms with Gasteiger partial charge in [-0.15, -0.1) is 11.3 Å². The van der Waals surface area contributed by atoms with Crippen LogP contribution in [0.4, 0.5) is 0 Å². The summed E-state index contributed by atoms with van der Waals surface area (Å²) < 4.78 is 29.2. The number of sulfone groups is 1. The molecule has 0 saturated carbocycles. The number of carbonyl (C=O) groups excluding carboxylic acids is 2. The zero-order valence-corrected chi connectivity index (χ0v) is 16.5. The lowest BCUT2D eigenvalue weighted by molar-refractivity contribution is -0.136. The molecule has 0 bridgehead atoms. The van der Waals surface area contributed by atoms with Crippen molar-refractivity contribution >= 4 is 54.7 Å². The quantitative estimate of drug-likeness (QED) is 0.701. The molecule has 1 saturated heterocycles. The van der Waals surface area contributed by atoms with Crippen LogP contribution in [-0.2, 0) is 19.4 Å².